The van der Waals surface area contributed by atoms with Crippen molar-refractivity contribution in [3.8, 4) is 0 Å². The molecule has 108 valence electrons. The van der Waals surface area contributed by atoms with Gasteiger partial charge in [0.15, 0.2) is 0 Å². The average molecular weight is 290 g/mol. The molecule has 2 atom stereocenters. The maximum absolute atomic E-state index is 12.0. The van der Waals surface area contributed by atoms with E-state index < -0.39 is 0 Å². The molecule has 2 aliphatic heterocycles. The van der Waals surface area contributed by atoms with Crippen molar-refractivity contribution in [1.82, 2.24) is 9.80 Å². The zero-order chi connectivity index (χ0) is 14.1. The third-order valence-corrected chi connectivity index (χ3v) is 5.57. The molecule has 3 heterocycles. The van der Waals surface area contributed by atoms with Crippen LogP contribution in [0.15, 0.2) is 24.1 Å². The molecule has 0 unspecified atom stereocenters. The van der Waals surface area contributed by atoms with Gasteiger partial charge in [-0.05, 0) is 55.4 Å². The highest BCUT2D eigenvalue weighted by molar-refractivity contribution is 7.10. The summed E-state index contributed by atoms with van der Waals surface area (Å²) in [7, 11) is 2.20. The average Bonchev–Trinajstić information content (AvgIpc) is 2.93. The van der Waals surface area contributed by atoms with Crippen molar-refractivity contribution < 1.29 is 4.79 Å². The van der Waals surface area contributed by atoms with Crippen LogP contribution in [-0.2, 0) is 11.3 Å². The van der Waals surface area contributed by atoms with E-state index in [0.29, 0.717) is 11.8 Å². The summed E-state index contributed by atoms with van der Waals surface area (Å²) >= 11 is 1.78. The van der Waals surface area contributed by atoms with Gasteiger partial charge in [-0.1, -0.05) is 6.58 Å². The van der Waals surface area contributed by atoms with Gasteiger partial charge in [-0.3, -0.25) is 4.79 Å². The molecule has 2 aliphatic rings. The molecule has 0 aliphatic carbocycles. The highest BCUT2D eigenvalue weighted by Gasteiger charge is 2.34. The van der Waals surface area contributed by atoms with Gasteiger partial charge in [0.25, 0.3) is 0 Å². The van der Waals surface area contributed by atoms with Gasteiger partial charge < -0.3 is 9.80 Å². The molecule has 1 amide bonds. The highest BCUT2D eigenvalue weighted by atomic mass is 32.1. The third kappa shape index (κ3) is 2.54. The molecule has 1 saturated heterocycles. The summed E-state index contributed by atoms with van der Waals surface area (Å²) in [6.07, 6.45) is 4.00. The van der Waals surface area contributed by atoms with Gasteiger partial charge in [0.2, 0.25) is 5.91 Å². The number of thiophene rings is 1. The van der Waals surface area contributed by atoms with Gasteiger partial charge in [0.05, 0.1) is 6.54 Å². The summed E-state index contributed by atoms with van der Waals surface area (Å²) in [4.78, 5) is 17.7. The van der Waals surface area contributed by atoms with Crippen molar-refractivity contribution in [2.75, 3.05) is 26.7 Å². The molecule has 1 fully saturated rings. The van der Waals surface area contributed by atoms with Crippen LogP contribution in [-0.4, -0.2) is 42.4 Å². The Morgan fingerprint density at radius 3 is 3.10 bits per heavy atom. The zero-order valence-corrected chi connectivity index (χ0v) is 12.9. The molecule has 1 aromatic heterocycles. The molecule has 0 aromatic carbocycles. The lowest BCUT2D eigenvalue weighted by atomic mass is 9.79. The predicted molar refractivity (Wildman–Crippen MR) is 82.9 cm³/mol. The number of carbonyl (C=O) groups is 1. The Kier molecular flexibility index (Phi) is 3.94. The quantitative estimate of drug-likeness (QED) is 0.782. The number of amides is 1. The summed E-state index contributed by atoms with van der Waals surface area (Å²) in [5.74, 6) is 1.23. The number of fused-ring (bicyclic) bond motifs is 1. The van der Waals surface area contributed by atoms with Gasteiger partial charge in [-0.15, -0.1) is 11.3 Å². The minimum Gasteiger partial charge on any atom is -0.333 e. The summed E-state index contributed by atoms with van der Waals surface area (Å²) < 4.78 is 0. The Bertz CT molecular complexity index is 510. The summed E-state index contributed by atoms with van der Waals surface area (Å²) in [6.45, 7) is 7.60. The Morgan fingerprint density at radius 2 is 2.35 bits per heavy atom. The molecular weight excluding hydrogens is 268 g/mol. The lowest BCUT2D eigenvalue weighted by Gasteiger charge is -2.40. The first-order valence-electron chi connectivity index (χ1n) is 7.35. The smallest absolute Gasteiger partial charge is 0.246 e. The van der Waals surface area contributed by atoms with Crippen LogP contribution in [0.4, 0.5) is 0 Å². The van der Waals surface area contributed by atoms with E-state index in [1.807, 2.05) is 4.90 Å². The van der Waals surface area contributed by atoms with E-state index in [9.17, 15) is 4.79 Å². The lowest BCUT2D eigenvalue weighted by Crippen LogP contribution is -2.43. The van der Waals surface area contributed by atoms with Crippen molar-refractivity contribution in [2.45, 2.75) is 25.3 Å². The number of likely N-dealkylation sites (tertiary alicyclic amines) is 1. The summed E-state index contributed by atoms with van der Waals surface area (Å²) in [5.41, 5.74) is 1.49. The summed E-state index contributed by atoms with van der Waals surface area (Å²) in [5, 5.41) is 2.17. The van der Waals surface area contributed by atoms with Crippen molar-refractivity contribution in [1.29, 1.82) is 0 Å². The molecule has 0 N–H and O–H groups in total. The molecule has 0 spiro atoms. The first-order chi connectivity index (χ1) is 9.69. The topological polar surface area (TPSA) is 23.6 Å². The molecule has 0 saturated carbocycles. The first-order valence-corrected chi connectivity index (χ1v) is 8.23. The molecule has 0 bridgehead atoms. The maximum atomic E-state index is 12.0. The fourth-order valence-electron chi connectivity index (χ4n) is 3.62. The van der Waals surface area contributed by atoms with Crippen LogP contribution < -0.4 is 0 Å². The van der Waals surface area contributed by atoms with Gasteiger partial charge in [0, 0.05) is 23.9 Å². The van der Waals surface area contributed by atoms with Crippen molar-refractivity contribution >= 4 is 17.2 Å². The second kappa shape index (κ2) is 5.70. The van der Waals surface area contributed by atoms with Crippen LogP contribution in [0.25, 0.3) is 0 Å². The zero-order valence-electron chi connectivity index (χ0n) is 12.0. The van der Waals surface area contributed by atoms with Crippen molar-refractivity contribution in [3.05, 3.63) is 34.5 Å². The molecule has 0 radical (unpaired) electrons. The Morgan fingerprint density at radius 1 is 1.50 bits per heavy atom. The van der Waals surface area contributed by atoms with E-state index >= 15 is 0 Å². The van der Waals surface area contributed by atoms with E-state index in [2.05, 4.69) is 30.0 Å². The number of nitrogens with zero attached hydrogens (tertiary/aromatic N) is 2. The van der Waals surface area contributed by atoms with Gasteiger partial charge in [0.1, 0.15) is 0 Å². The van der Waals surface area contributed by atoms with Crippen molar-refractivity contribution in [2.24, 2.45) is 5.92 Å². The molecule has 3 nitrogen and oxygen atoms in total. The number of carbonyl (C=O) groups excluding carboxylic acids is 1. The Balaban J connectivity index is 1.85. The second-order valence-corrected chi connectivity index (χ2v) is 6.99. The normalized spacial score (nSPS) is 27.1. The predicted octanol–water partition coefficient (Wildman–Crippen LogP) is 2.70. The van der Waals surface area contributed by atoms with Crippen LogP contribution in [0.3, 0.4) is 0 Å². The van der Waals surface area contributed by atoms with E-state index in [0.717, 1.165) is 19.6 Å². The fourth-order valence-corrected chi connectivity index (χ4v) is 4.58. The second-order valence-electron chi connectivity index (χ2n) is 5.99. The van der Waals surface area contributed by atoms with Crippen LogP contribution in [0.5, 0.6) is 0 Å². The third-order valence-electron chi connectivity index (χ3n) is 4.65. The van der Waals surface area contributed by atoms with E-state index in [4.69, 9.17) is 0 Å². The van der Waals surface area contributed by atoms with Crippen LogP contribution in [0.1, 0.15) is 29.2 Å². The van der Waals surface area contributed by atoms with E-state index in [-0.39, 0.29) is 5.91 Å². The molecule has 4 heteroatoms. The lowest BCUT2D eigenvalue weighted by molar-refractivity contribution is -0.127. The number of hydrogen-bond acceptors (Lipinski definition) is 3. The van der Waals surface area contributed by atoms with Crippen LogP contribution in [0, 0.1) is 5.92 Å². The molecule has 20 heavy (non-hydrogen) atoms. The Hall–Kier alpha value is -1.13. The van der Waals surface area contributed by atoms with Gasteiger partial charge in [-0.2, -0.15) is 0 Å². The number of hydrogen-bond donors (Lipinski definition) is 0. The van der Waals surface area contributed by atoms with Crippen LogP contribution in [0.2, 0.25) is 0 Å². The molecule has 1 aromatic rings. The largest absolute Gasteiger partial charge is 0.333 e. The fraction of sp³-hybridized carbons (Fsp3) is 0.562. The number of piperidine rings is 1. The van der Waals surface area contributed by atoms with E-state index in [1.54, 1.807) is 11.3 Å². The van der Waals surface area contributed by atoms with Crippen LogP contribution >= 0.6 is 11.3 Å². The standard InChI is InChI=1S/C16H22N2OS/c1-3-16(19)18-10-14(12-5-4-7-17(2)9-12)13-6-8-20-15(13)11-18/h3,6,8,12,14H,1,4-5,7,9-11H2,2H3/t12-,14-/m0/s1. The first kappa shape index (κ1) is 13.8. The number of rotatable bonds is 2. The SMILES string of the molecule is C=CC(=O)N1Cc2sccc2[C@H]([C@H]2CCCN(C)C2)C1. The van der Waals surface area contributed by atoms with Crippen molar-refractivity contribution in [3.63, 3.8) is 0 Å². The van der Waals surface area contributed by atoms with Gasteiger partial charge >= 0.3 is 0 Å². The Labute approximate surface area is 124 Å². The highest BCUT2D eigenvalue weighted by Crippen LogP contribution is 2.39. The maximum Gasteiger partial charge on any atom is 0.246 e. The minimum atomic E-state index is 0.0678. The summed E-state index contributed by atoms with van der Waals surface area (Å²) in [6, 6.07) is 2.27. The van der Waals surface area contributed by atoms with E-state index in [1.165, 1.54) is 35.9 Å². The monoisotopic (exact) mass is 290 g/mol. The van der Waals surface area contributed by atoms with Gasteiger partial charge in [-0.25, -0.2) is 0 Å². The molecule has 3 rings (SSSR count). The molecular formula is C16H22N2OS. The minimum absolute atomic E-state index is 0.0678.